The van der Waals surface area contributed by atoms with Gasteiger partial charge < -0.3 is 20.3 Å². The maximum Gasteiger partial charge on any atom is 0.490 e. The number of carbonyl (C=O) groups is 1. The Kier molecular flexibility index (Phi) is 6.49. The molecule has 1 saturated carbocycles. The maximum absolute atomic E-state index is 10.6. The Bertz CT molecular complexity index is 883. The van der Waals surface area contributed by atoms with E-state index in [2.05, 4.69) is 10.3 Å². The Balaban J connectivity index is 0.000000318. The number of aromatic nitrogens is 3. The molecule has 8 nitrogen and oxygen atoms in total. The number of methoxy groups -OCH3 is 1. The summed E-state index contributed by atoms with van der Waals surface area (Å²) in [7, 11) is 1.67. The lowest BCUT2D eigenvalue weighted by Crippen LogP contribution is -2.21. The van der Waals surface area contributed by atoms with E-state index in [-0.39, 0.29) is 12.1 Å². The van der Waals surface area contributed by atoms with Crippen LogP contribution in [0.2, 0.25) is 0 Å². The Morgan fingerprint density at radius 1 is 1.40 bits per heavy atom. The van der Waals surface area contributed by atoms with Crippen LogP contribution < -0.4 is 15.2 Å². The lowest BCUT2D eigenvalue weighted by Gasteiger charge is -2.26. The lowest BCUT2D eigenvalue weighted by molar-refractivity contribution is -0.192. The number of alkyl halides is 3. The van der Waals surface area contributed by atoms with Crippen LogP contribution in [0.3, 0.4) is 0 Å². The molecule has 4 rings (SSSR count). The minimum Gasteiger partial charge on any atom is -0.497 e. The molecule has 1 unspecified atom stereocenters. The molecule has 30 heavy (non-hydrogen) atoms. The number of carboxylic acids is 1. The van der Waals surface area contributed by atoms with Gasteiger partial charge in [0.05, 0.1) is 37.7 Å². The first kappa shape index (κ1) is 21.9. The molecule has 1 aliphatic carbocycles. The average Bonchev–Trinajstić information content (AvgIpc) is 3.38. The van der Waals surface area contributed by atoms with Gasteiger partial charge in [-0.25, -0.2) is 9.48 Å². The molecule has 164 valence electrons. The van der Waals surface area contributed by atoms with Crippen molar-refractivity contribution in [3.8, 4) is 11.5 Å². The molecule has 2 aliphatic rings. The normalized spacial score (nSPS) is 19.0. The zero-order valence-corrected chi connectivity index (χ0v) is 16.3. The summed E-state index contributed by atoms with van der Waals surface area (Å²) >= 11 is 0. The molecule has 1 aromatic heterocycles. The molecule has 0 amide bonds. The second kappa shape index (κ2) is 8.90. The number of ether oxygens (including phenoxy) is 2. The summed E-state index contributed by atoms with van der Waals surface area (Å²) < 4.78 is 44.7. The fraction of sp³-hybridized carbons (Fsp3) is 0.526. The van der Waals surface area contributed by atoms with Crippen LogP contribution >= 0.6 is 0 Å². The number of benzene rings is 1. The van der Waals surface area contributed by atoms with Crippen molar-refractivity contribution in [2.45, 2.75) is 43.9 Å². The smallest absolute Gasteiger partial charge is 0.490 e. The molecule has 11 heteroatoms. The minimum atomic E-state index is -5.08. The highest BCUT2D eigenvalue weighted by molar-refractivity contribution is 5.73. The van der Waals surface area contributed by atoms with Crippen LogP contribution in [0.25, 0.3) is 0 Å². The van der Waals surface area contributed by atoms with Crippen LogP contribution in [0.1, 0.15) is 49.0 Å². The van der Waals surface area contributed by atoms with Crippen molar-refractivity contribution in [2.75, 3.05) is 13.7 Å². The number of carboxylic acid groups (broad SMARTS) is 1. The third-order valence-electron chi connectivity index (χ3n) is 4.98. The van der Waals surface area contributed by atoms with Gasteiger partial charge in [0.1, 0.15) is 11.5 Å². The predicted octanol–water partition coefficient (Wildman–Crippen LogP) is 3.09. The van der Waals surface area contributed by atoms with Crippen LogP contribution in [-0.2, 0) is 4.79 Å². The molecule has 1 aromatic carbocycles. The fourth-order valence-corrected chi connectivity index (χ4v) is 3.20. The van der Waals surface area contributed by atoms with Gasteiger partial charge in [-0.3, -0.25) is 0 Å². The highest BCUT2D eigenvalue weighted by atomic mass is 19.4. The van der Waals surface area contributed by atoms with E-state index >= 15 is 0 Å². The van der Waals surface area contributed by atoms with Crippen LogP contribution in [0.4, 0.5) is 13.2 Å². The number of nitrogens with two attached hydrogens (primary N) is 1. The van der Waals surface area contributed by atoms with Gasteiger partial charge in [-0.1, -0.05) is 18.1 Å². The molecule has 1 fully saturated rings. The number of aliphatic carboxylic acids is 1. The van der Waals surface area contributed by atoms with Crippen molar-refractivity contribution in [2.24, 2.45) is 11.7 Å². The van der Waals surface area contributed by atoms with E-state index < -0.39 is 12.1 Å². The number of hydrogen-bond acceptors (Lipinski definition) is 6. The lowest BCUT2D eigenvalue weighted by atomic mass is 10.0. The summed E-state index contributed by atoms with van der Waals surface area (Å²) in [5, 5.41) is 15.8. The molecule has 0 bridgehead atoms. The second-order valence-electron chi connectivity index (χ2n) is 7.27. The molecule has 0 radical (unpaired) electrons. The highest BCUT2D eigenvalue weighted by Crippen LogP contribution is 2.38. The van der Waals surface area contributed by atoms with Gasteiger partial charge in [-0.05, 0) is 30.5 Å². The van der Waals surface area contributed by atoms with Gasteiger partial charge in [0.15, 0.2) is 0 Å². The standard InChI is InChI=1S/C17H22N4O2.C2HF3O2/c1-22-12-4-5-17-13(9-12)16(6-7-23-17)21-10-15(19-20-21)14(18)8-11-2-3-11;3-2(4,5)1(6)7/h4-5,9-11,14,16H,2-3,6-8,18H2,1H3;(H,6,7)/t14?,16-;/m1./s1. The van der Waals surface area contributed by atoms with Gasteiger partial charge in [0.2, 0.25) is 0 Å². The maximum atomic E-state index is 10.6. The van der Waals surface area contributed by atoms with Crippen molar-refractivity contribution in [3.05, 3.63) is 35.7 Å². The van der Waals surface area contributed by atoms with Crippen molar-refractivity contribution < 1.29 is 32.5 Å². The zero-order chi connectivity index (χ0) is 21.9. The van der Waals surface area contributed by atoms with E-state index in [1.54, 1.807) is 7.11 Å². The Hall–Kier alpha value is -2.82. The average molecular weight is 428 g/mol. The van der Waals surface area contributed by atoms with Crippen molar-refractivity contribution in [1.82, 2.24) is 15.0 Å². The molecule has 2 heterocycles. The molecular formula is C19H23F3N4O4. The van der Waals surface area contributed by atoms with Gasteiger partial charge >= 0.3 is 12.1 Å². The van der Waals surface area contributed by atoms with Crippen molar-refractivity contribution in [3.63, 3.8) is 0 Å². The molecule has 1 aliphatic heterocycles. The predicted molar refractivity (Wildman–Crippen MR) is 99.2 cm³/mol. The van der Waals surface area contributed by atoms with Gasteiger partial charge in [-0.2, -0.15) is 13.2 Å². The Labute approximate surface area is 170 Å². The summed E-state index contributed by atoms with van der Waals surface area (Å²) in [6.45, 7) is 0.674. The number of hydrogen-bond donors (Lipinski definition) is 2. The summed E-state index contributed by atoms with van der Waals surface area (Å²) in [6, 6.07) is 5.99. The molecule has 0 spiro atoms. The van der Waals surface area contributed by atoms with Crippen LogP contribution in [0.5, 0.6) is 11.5 Å². The minimum absolute atomic E-state index is 0.0131. The molecule has 2 atom stereocenters. The quantitative estimate of drug-likeness (QED) is 0.753. The van der Waals surface area contributed by atoms with Gasteiger partial charge in [0.25, 0.3) is 0 Å². The number of rotatable bonds is 5. The number of halogens is 3. The van der Waals surface area contributed by atoms with Gasteiger partial charge in [0, 0.05) is 12.0 Å². The van der Waals surface area contributed by atoms with E-state index in [9.17, 15) is 13.2 Å². The van der Waals surface area contributed by atoms with E-state index in [1.165, 1.54) is 12.8 Å². The molecule has 2 aromatic rings. The van der Waals surface area contributed by atoms with Gasteiger partial charge in [-0.15, -0.1) is 5.10 Å². The third-order valence-corrected chi connectivity index (χ3v) is 4.98. The molecule has 0 saturated heterocycles. The summed E-state index contributed by atoms with van der Waals surface area (Å²) in [5.41, 5.74) is 8.23. The first-order valence-electron chi connectivity index (χ1n) is 9.47. The second-order valence-corrected chi connectivity index (χ2v) is 7.27. The number of fused-ring (bicyclic) bond motifs is 1. The summed E-state index contributed by atoms with van der Waals surface area (Å²) in [5.74, 6) is -0.262. The molecule has 3 N–H and O–H groups in total. The summed E-state index contributed by atoms with van der Waals surface area (Å²) in [6.07, 6.45) is 1.38. The SMILES string of the molecule is COc1ccc2c(c1)[C@H](n1cc(C(N)CC3CC3)nn1)CCO2.O=C(O)C(F)(F)F. The monoisotopic (exact) mass is 428 g/mol. The van der Waals surface area contributed by atoms with E-state index in [1.807, 2.05) is 29.1 Å². The Morgan fingerprint density at radius 3 is 2.70 bits per heavy atom. The first-order valence-corrected chi connectivity index (χ1v) is 9.47. The topological polar surface area (TPSA) is 112 Å². The van der Waals surface area contributed by atoms with E-state index in [4.69, 9.17) is 25.1 Å². The first-order chi connectivity index (χ1) is 14.2. The van der Waals surface area contributed by atoms with Crippen molar-refractivity contribution in [1.29, 1.82) is 0 Å². The number of nitrogens with zero attached hydrogens (tertiary/aromatic N) is 3. The third kappa shape index (κ3) is 5.41. The highest BCUT2D eigenvalue weighted by Gasteiger charge is 2.38. The van der Waals surface area contributed by atoms with Crippen LogP contribution in [0, 0.1) is 5.92 Å². The molecular weight excluding hydrogens is 405 g/mol. The van der Waals surface area contributed by atoms with E-state index in [0.717, 1.165) is 41.5 Å². The van der Waals surface area contributed by atoms with Crippen LogP contribution in [0.15, 0.2) is 24.4 Å². The van der Waals surface area contributed by atoms with Crippen molar-refractivity contribution >= 4 is 5.97 Å². The fourth-order valence-electron chi connectivity index (χ4n) is 3.20. The van der Waals surface area contributed by atoms with Crippen LogP contribution in [-0.4, -0.2) is 46.0 Å². The largest absolute Gasteiger partial charge is 0.497 e. The van der Waals surface area contributed by atoms with E-state index in [0.29, 0.717) is 6.61 Å². The Morgan fingerprint density at radius 2 is 2.10 bits per heavy atom. The summed E-state index contributed by atoms with van der Waals surface area (Å²) in [4.78, 5) is 8.90. The zero-order valence-electron chi connectivity index (χ0n) is 16.3.